The zero-order chi connectivity index (χ0) is 12.6. The average molecular weight is 362 g/mol. The van der Waals surface area contributed by atoms with E-state index in [2.05, 4.69) is 68.4 Å². The number of allylic oxidation sites excluding steroid dienone is 8. The third-order valence-corrected chi connectivity index (χ3v) is 2.18. The molecular formula is C15H20Cl2Zr-2. The molecule has 0 aromatic heterocycles. The van der Waals surface area contributed by atoms with Gasteiger partial charge in [0.25, 0.3) is 0 Å². The summed E-state index contributed by atoms with van der Waals surface area (Å²) in [7, 11) is 0. The number of hydrogen-bond acceptors (Lipinski definition) is 0. The van der Waals surface area contributed by atoms with Crippen molar-refractivity contribution in [3.05, 3.63) is 47.6 Å². The van der Waals surface area contributed by atoms with Crippen LogP contribution in [0.1, 0.15) is 27.7 Å². The first-order valence-corrected chi connectivity index (χ1v) is 7.23. The molecule has 2 aliphatic carbocycles. The molecule has 2 aliphatic rings. The summed E-state index contributed by atoms with van der Waals surface area (Å²) in [6.07, 6.45) is 14.9. The van der Waals surface area contributed by atoms with E-state index in [4.69, 9.17) is 0 Å². The second kappa shape index (κ2) is 13.7. The van der Waals surface area contributed by atoms with Crippen LogP contribution in [0, 0.1) is 24.0 Å². The molecule has 2 atom stereocenters. The van der Waals surface area contributed by atoms with E-state index in [1.54, 1.807) is 0 Å². The molecule has 2 rings (SSSR count). The van der Waals surface area contributed by atoms with Gasteiger partial charge in [0.05, 0.1) is 0 Å². The van der Waals surface area contributed by atoms with Crippen LogP contribution in [-0.4, -0.2) is 4.21 Å². The standard InChI is InChI=1S/2C7H9.CH2.2ClH.Zr/c2*1-6-3-4-7(2)5-6;;;;/h2*3-4,6H,1-2H3;1H2;2*1H;/q2*-1;;;;+2/p-2. The SMILES string of the molecule is CC1=[C-]C(C)C=C1.CC1=[C-]C(C)C=C1.[CH2]=[Zr+2].[Cl-].[Cl-]. The third kappa shape index (κ3) is 11.4. The first-order chi connectivity index (χ1) is 7.58. The Morgan fingerprint density at radius 2 is 1.17 bits per heavy atom. The summed E-state index contributed by atoms with van der Waals surface area (Å²) in [6, 6.07) is 0. The summed E-state index contributed by atoms with van der Waals surface area (Å²) in [6.45, 7) is 8.40. The molecule has 0 bridgehead atoms. The van der Waals surface area contributed by atoms with Crippen molar-refractivity contribution in [1.82, 2.24) is 0 Å². The summed E-state index contributed by atoms with van der Waals surface area (Å²) >= 11 is 1.30. The Labute approximate surface area is 139 Å². The van der Waals surface area contributed by atoms with Gasteiger partial charge in [-0.15, -0.1) is 0 Å². The zero-order valence-corrected chi connectivity index (χ0v) is 15.4. The van der Waals surface area contributed by atoms with Gasteiger partial charge in [0, 0.05) is 0 Å². The van der Waals surface area contributed by atoms with Crippen LogP contribution >= 0.6 is 0 Å². The van der Waals surface area contributed by atoms with E-state index >= 15 is 0 Å². The fourth-order valence-corrected chi connectivity index (χ4v) is 1.49. The molecular weight excluding hydrogens is 342 g/mol. The summed E-state index contributed by atoms with van der Waals surface area (Å²) in [5, 5.41) is 0. The van der Waals surface area contributed by atoms with E-state index in [1.165, 1.54) is 35.4 Å². The summed E-state index contributed by atoms with van der Waals surface area (Å²) in [4.78, 5) is 0. The normalized spacial score (nSPS) is 22.3. The topological polar surface area (TPSA) is 0 Å². The van der Waals surface area contributed by atoms with E-state index in [9.17, 15) is 0 Å². The quantitative estimate of drug-likeness (QED) is 0.432. The van der Waals surface area contributed by atoms with Crippen molar-refractivity contribution in [2.24, 2.45) is 11.8 Å². The molecule has 18 heavy (non-hydrogen) atoms. The number of halogens is 2. The molecule has 0 amide bonds. The van der Waals surface area contributed by atoms with Crippen LogP contribution in [0.4, 0.5) is 0 Å². The maximum atomic E-state index is 3.34. The van der Waals surface area contributed by atoms with Gasteiger partial charge in [-0.3, -0.25) is 12.2 Å². The Hall–Kier alpha value is 0.293. The molecule has 0 radical (unpaired) electrons. The Kier molecular flexibility index (Phi) is 17.8. The van der Waals surface area contributed by atoms with Gasteiger partial charge in [-0.2, -0.15) is 12.2 Å². The maximum Gasteiger partial charge on any atom is -1.00 e. The van der Waals surface area contributed by atoms with Crippen LogP contribution in [0.2, 0.25) is 0 Å². The summed E-state index contributed by atoms with van der Waals surface area (Å²) in [5.41, 5.74) is 2.54. The predicted octanol–water partition coefficient (Wildman–Crippen LogP) is -2.14. The molecule has 100 valence electrons. The van der Waals surface area contributed by atoms with E-state index < -0.39 is 0 Å². The Morgan fingerprint density at radius 1 is 0.889 bits per heavy atom. The van der Waals surface area contributed by atoms with Crippen molar-refractivity contribution in [1.29, 1.82) is 0 Å². The molecule has 0 saturated carbocycles. The number of hydrogen-bond donors (Lipinski definition) is 0. The second-order valence-electron chi connectivity index (χ2n) is 3.95. The first kappa shape index (κ1) is 23.4. The van der Waals surface area contributed by atoms with Gasteiger partial charge in [0.15, 0.2) is 0 Å². The largest absolute Gasteiger partial charge is 1.00 e. The molecule has 0 fully saturated rings. The fourth-order valence-electron chi connectivity index (χ4n) is 1.49. The van der Waals surface area contributed by atoms with Crippen LogP contribution in [0.25, 0.3) is 0 Å². The van der Waals surface area contributed by atoms with Crippen molar-refractivity contribution in [3.8, 4) is 0 Å². The molecule has 3 heteroatoms. The zero-order valence-electron chi connectivity index (χ0n) is 11.4. The molecule has 0 spiro atoms. The molecule has 0 aromatic rings. The van der Waals surface area contributed by atoms with Crippen molar-refractivity contribution in [3.63, 3.8) is 0 Å². The Balaban J connectivity index is -0.000000200. The average Bonchev–Trinajstić information content (AvgIpc) is 2.80. The van der Waals surface area contributed by atoms with Gasteiger partial charge >= 0.3 is 28.4 Å². The molecule has 0 aromatic carbocycles. The minimum Gasteiger partial charge on any atom is -1.00 e. The van der Waals surface area contributed by atoms with Crippen LogP contribution in [0.3, 0.4) is 0 Å². The van der Waals surface area contributed by atoms with Crippen LogP contribution < -0.4 is 24.8 Å². The van der Waals surface area contributed by atoms with Gasteiger partial charge in [-0.25, -0.2) is 23.3 Å². The fraction of sp³-hybridized carbons (Fsp3) is 0.400. The molecule has 2 unspecified atom stereocenters. The van der Waals surface area contributed by atoms with Crippen LogP contribution in [0.15, 0.2) is 35.5 Å². The minimum atomic E-state index is 0. The monoisotopic (exact) mass is 360 g/mol. The maximum absolute atomic E-state index is 3.34. The summed E-state index contributed by atoms with van der Waals surface area (Å²) in [5.74, 6) is 1.11. The predicted molar refractivity (Wildman–Crippen MR) is 68.6 cm³/mol. The van der Waals surface area contributed by atoms with Crippen molar-refractivity contribution in [2.45, 2.75) is 27.7 Å². The van der Waals surface area contributed by atoms with Gasteiger partial charge in [0.1, 0.15) is 0 Å². The minimum absolute atomic E-state index is 0. The molecule has 0 saturated heterocycles. The van der Waals surface area contributed by atoms with E-state index in [1.807, 2.05) is 0 Å². The van der Waals surface area contributed by atoms with E-state index in [-0.39, 0.29) is 24.8 Å². The smallest absolute Gasteiger partial charge is 1.00 e. The molecule has 0 nitrogen and oxygen atoms in total. The Morgan fingerprint density at radius 3 is 1.22 bits per heavy atom. The van der Waals surface area contributed by atoms with Crippen LogP contribution in [-0.2, 0) is 24.2 Å². The van der Waals surface area contributed by atoms with Gasteiger partial charge < -0.3 is 24.8 Å². The second-order valence-corrected chi connectivity index (χ2v) is 3.95. The Bertz CT molecular complexity index is 295. The summed E-state index contributed by atoms with van der Waals surface area (Å²) < 4.78 is 3.34. The molecule has 0 heterocycles. The third-order valence-electron chi connectivity index (χ3n) is 2.18. The van der Waals surface area contributed by atoms with Crippen molar-refractivity contribution >= 4 is 4.21 Å². The van der Waals surface area contributed by atoms with E-state index in [0.717, 1.165) is 0 Å². The van der Waals surface area contributed by atoms with Crippen molar-refractivity contribution < 1.29 is 49.0 Å². The van der Waals surface area contributed by atoms with Crippen molar-refractivity contribution in [2.75, 3.05) is 0 Å². The first-order valence-electron chi connectivity index (χ1n) is 5.50. The molecule has 0 N–H and O–H groups in total. The van der Waals surface area contributed by atoms with Crippen LogP contribution in [0.5, 0.6) is 0 Å². The van der Waals surface area contributed by atoms with Gasteiger partial charge in [0.2, 0.25) is 0 Å². The van der Waals surface area contributed by atoms with E-state index in [0.29, 0.717) is 11.8 Å². The van der Waals surface area contributed by atoms with Gasteiger partial charge in [-0.1, -0.05) is 39.5 Å². The number of rotatable bonds is 0. The molecule has 0 aliphatic heterocycles. The van der Waals surface area contributed by atoms with Gasteiger partial charge in [-0.05, 0) is 0 Å².